The topological polar surface area (TPSA) is 33.7 Å². The predicted octanol–water partition coefficient (Wildman–Crippen LogP) is 2.28. The first-order valence-electron chi connectivity index (χ1n) is 6.98. The third kappa shape index (κ3) is 3.32. The summed E-state index contributed by atoms with van der Waals surface area (Å²) in [6.45, 7) is 5.30. The lowest BCUT2D eigenvalue weighted by Crippen LogP contribution is -2.30. The van der Waals surface area contributed by atoms with Crippen LogP contribution in [0.4, 0.5) is 5.69 Å². The molecule has 1 aliphatic heterocycles. The molecule has 19 heavy (non-hydrogen) atoms. The Balaban J connectivity index is 2.19. The fourth-order valence-corrected chi connectivity index (χ4v) is 2.56. The van der Waals surface area contributed by atoms with Crippen LogP contribution in [-0.4, -0.2) is 39.9 Å². The van der Waals surface area contributed by atoms with Crippen molar-refractivity contribution in [1.82, 2.24) is 5.32 Å². The molecule has 106 valence electrons. The Morgan fingerprint density at radius 3 is 2.79 bits per heavy atom. The van der Waals surface area contributed by atoms with Crippen molar-refractivity contribution in [2.75, 3.05) is 38.8 Å². The summed E-state index contributed by atoms with van der Waals surface area (Å²) in [6, 6.07) is 6.60. The molecule has 0 amide bonds. The Labute approximate surface area is 115 Å². The lowest BCUT2D eigenvalue weighted by molar-refractivity contribution is 0.403. The molecule has 1 atom stereocenters. The van der Waals surface area contributed by atoms with E-state index in [1.165, 1.54) is 6.42 Å². The molecule has 0 spiro atoms. The number of methoxy groups -OCH3 is 2. The summed E-state index contributed by atoms with van der Waals surface area (Å²) in [6.07, 6.45) is 2.35. The number of ether oxygens (including phenoxy) is 2. The van der Waals surface area contributed by atoms with Gasteiger partial charge in [0.05, 0.1) is 19.9 Å². The van der Waals surface area contributed by atoms with Crippen LogP contribution in [0.5, 0.6) is 11.5 Å². The van der Waals surface area contributed by atoms with Gasteiger partial charge in [0, 0.05) is 31.7 Å². The van der Waals surface area contributed by atoms with Crippen LogP contribution in [0.25, 0.3) is 0 Å². The highest BCUT2D eigenvalue weighted by Crippen LogP contribution is 2.32. The molecule has 2 rings (SSSR count). The molecule has 4 heteroatoms. The van der Waals surface area contributed by atoms with E-state index in [0.29, 0.717) is 6.04 Å². The van der Waals surface area contributed by atoms with E-state index in [-0.39, 0.29) is 0 Å². The average molecular weight is 264 g/mol. The molecule has 1 aromatic carbocycles. The number of nitrogens with one attached hydrogen (secondary N) is 1. The van der Waals surface area contributed by atoms with Crippen molar-refractivity contribution in [3.8, 4) is 11.5 Å². The van der Waals surface area contributed by atoms with Crippen LogP contribution < -0.4 is 19.7 Å². The first-order chi connectivity index (χ1) is 9.28. The van der Waals surface area contributed by atoms with Crippen molar-refractivity contribution in [1.29, 1.82) is 0 Å². The van der Waals surface area contributed by atoms with Crippen molar-refractivity contribution < 1.29 is 9.47 Å². The van der Waals surface area contributed by atoms with Crippen LogP contribution >= 0.6 is 0 Å². The second-order valence-electron chi connectivity index (χ2n) is 4.87. The monoisotopic (exact) mass is 264 g/mol. The maximum Gasteiger partial charge on any atom is 0.142 e. The number of benzene rings is 1. The summed E-state index contributed by atoms with van der Waals surface area (Å²) in [7, 11) is 3.42. The molecule has 1 saturated heterocycles. The highest BCUT2D eigenvalue weighted by molar-refractivity contribution is 5.61. The standard InChI is InChI=1S/C15H24N2O2/c1-4-12-7-9-17(10-8-16-12)14-11-13(18-2)5-6-15(14)19-3/h5-6,11-12,16H,4,7-10H2,1-3H3. The van der Waals surface area contributed by atoms with Gasteiger partial charge in [-0.15, -0.1) is 0 Å². The number of hydrogen-bond donors (Lipinski definition) is 1. The van der Waals surface area contributed by atoms with Crippen LogP contribution in [0.1, 0.15) is 19.8 Å². The van der Waals surface area contributed by atoms with Gasteiger partial charge in [0.25, 0.3) is 0 Å². The largest absolute Gasteiger partial charge is 0.497 e. The summed E-state index contributed by atoms with van der Waals surface area (Å²) >= 11 is 0. The molecule has 1 aliphatic rings. The molecular weight excluding hydrogens is 240 g/mol. The summed E-state index contributed by atoms with van der Waals surface area (Å²) < 4.78 is 10.8. The molecule has 0 bridgehead atoms. The van der Waals surface area contributed by atoms with Crippen LogP contribution in [0.3, 0.4) is 0 Å². The van der Waals surface area contributed by atoms with Gasteiger partial charge in [-0.2, -0.15) is 0 Å². The molecule has 0 radical (unpaired) electrons. The second kappa shape index (κ2) is 6.66. The average Bonchev–Trinajstić information content (AvgIpc) is 2.71. The SMILES string of the molecule is CCC1CCN(c2cc(OC)ccc2OC)CCN1. The zero-order valence-electron chi connectivity index (χ0n) is 12.1. The first-order valence-corrected chi connectivity index (χ1v) is 6.98. The van der Waals surface area contributed by atoms with Crippen molar-refractivity contribution in [2.45, 2.75) is 25.8 Å². The van der Waals surface area contributed by atoms with Gasteiger partial charge in [0.15, 0.2) is 0 Å². The van der Waals surface area contributed by atoms with E-state index >= 15 is 0 Å². The Hall–Kier alpha value is -1.42. The van der Waals surface area contributed by atoms with E-state index in [9.17, 15) is 0 Å². The van der Waals surface area contributed by atoms with Crippen LogP contribution in [0.2, 0.25) is 0 Å². The van der Waals surface area contributed by atoms with Crippen molar-refractivity contribution in [2.24, 2.45) is 0 Å². The molecule has 0 saturated carbocycles. The maximum absolute atomic E-state index is 5.47. The molecular formula is C15H24N2O2. The van der Waals surface area contributed by atoms with Crippen LogP contribution in [-0.2, 0) is 0 Å². The molecule has 1 fully saturated rings. The fourth-order valence-electron chi connectivity index (χ4n) is 2.56. The molecule has 1 heterocycles. The summed E-state index contributed by atoms with van der Waals surface area (Å²) in [5, 5.41) is 3.58. The van der Waals surface area contributed by atoms with Crippen molar-refractivity contribution in [3.63, 3.8) is 0 Å². The zero-order chi connectivity index (χ0) is 13.7. The molecule has 1 N–H and O–H groups in total. The Kier molecular flexibility index (Phi) is 4.91. The first kappa shape index (κ1) is 14.0. The quantitative estimate of drug-likeness (QED) is 0.904. The van der Waals surface area contributed by atoms with Gasteiger partial charge in [-0.25, -0.2) is 0 Å². The summed E-state index contributed by atoms with van der Waals surface area (Å²) in [5.41, 5.74) is 1.13. The molecule has 1 aromatic rings. The predicted molar refractivity (Wildman–Crippen MR) is 78.5 cm³/mol. The van der Waals surface area contributed by atoms with Crippen LogP contribution in [0.15, 0.2) is 18.2 Å². The number of hydrogen-bond acceptors (Lipinski definition) is 4. The smallest absolute Gasteiger partial charge is 0.142 e. The van der Waals surface area contributed by atoms with Crippen molar-refractivity contribution >= 4 is 5.69 Å². The Morgan fingerprint density at radius 2 is 2.11 bits per heavy atom. The van der Waals surface area contributed by atoms with Gasteiger partial charge in [0.2, 0.25) is 0 Å². The molecule has 1 unspecified atom stereocenters. The number of nitrogens with zero attached hydrogens (tertiary/aromatic N) is 1. The molecule has 0 aliphatic carbocycles. The van der Waals surface area contributed by atoms with E-state index in [0.717, 1.165) is 43.2 Å². The van der Waals surface area contributed by atoms with E-state index in [4.69, 9.17) is 9.47 Å². The lowest BCUT2D eigenvalue weighted by Gasteiger charge is -2.25. The van der Waals surface area contributed by atoms with Gasteiger partial charge in [-0.1, -0.05) is 6.92 Å². The van der Waals surface area contributed by atoms with Gasteiger partial charge in [-0.3, -0.25) is 0 Å². The highest BCUT2D eigenvalue weighted by atomic mass is 16.5. The Bertz CT molecular complexity index is 409. The minimum Gasteiger partial charge on any atom is -0.497 e. The normalized spacial score (nSPS) is 19.9. The van der Waals surface area contributed by atoms with Gasteiger partial charge >= 0.3 is 0 Å². The van der Waals surface area contributed by atoms with E-state index < -0.39 is 0 Å². The maximum atomic E-state index is 5.47. The second-order valence-corrected chi connectivity index (χ2v) is 4.87. The zero-order valence-corrected chi connectivity index (χ0v) is 12.1. The summed E-state index contributed by atoms with van der Waals surface area (Å²) in [5.74, 6) is 1.79. The van der Waals surface area contributed by atoms with E-state index in [1.54, 1.807) is 14.2 Å². The lowest BCUT2D eigenvalue weighted by atomic mass is 10.1. The fraction of sp³-hybridized carbons (Fsp3) is 0.600. The van der Waals surface area contributed by atoms with Crippen LogP contribution in [0, 0.1) is 0 Å². The number of anilines is 1. The van der Waals surface area contributed by atoms with E-state index in [1.807, 2.05) is 12.1 Å². The molecule has 0 aromatic heterocycles. The third-order valence-corrected chi connectivity index (χ3v) is 3.78. The Morgan fingerprint density at radius 1 is 1.26 bits per heavy atom. The highest BCUT2D eigenvalue weighted by Gasteiger charge is 2.18. The van der Waals surface area contributed by atoms with E-state index in [2.05, 4.69) is 23.2 Å². The van der Waals surface area contributed by atoms with Gasteiger partial charge < -0.3 is 19.7 Å². The minimum atomic E-state index is 0.626. The summed E-state index contributed by atoms with van der Waals surface area (Å²) in [4.78, 5) is 2.38. The number of rotatable bonds is 4. The van der Waals surface area contributed by atoms with Gasteiger partial charge in [-0.05, 0) is 25.0 Å². The third-order valence-electron chi connectivity index (χ3n) is 3.78. The molecule has 4 nitrogen and oxygen atoms in total. The minimum absolute atomic E-state index is 0.626. The van der Waals surface area contributed by atoms with Crippen molar-refractivity contribution in [3.05, 3.63) is 18.2 Å². The van der Waals surface area contributed by atoms with Gasteiger partial charge in [0.1, 0.15) is 11.5 Å².